The smallest absolute Gasteiger partial charge is 0.372 e. The van der Waals surface area contributed by atoms with Gasteiger partial charge in [0.25, 0.3) is 5.79 Å². The topological polar surface area (TPSA) is 65.0 Å². The Hall–Kier alpha value is -1.59. The number of ether oxygens (including phenoxy) is 3. The number of benzene rings is 1. The van der Waals surface area contributed by atoms with Crippen LogP contribution in [0.2, 0.25) is 0 Å². The molecule has 0 unspecified atom stereocenters. The molecular weight excluding hydrogens is 344 g/mol. The molecule has 0 aliphatic carbocycles. The van der Waals surface area contributed by atoms with Crippen molar-refractivity contribution in [3.8, 4) is 11.5 Å². The van der Waals surface area contributed by atoms with E-state index in [-0.39, 0.29) is 16.7 Å². The normalized spacial score (nSPS) is 23.8. The molecule has 1 aromatic carbocycles. The lowest BCUT2D eigenvalue weighted by Gasteiger charge is -2.36. The summed E-state index contributed by atoms with van der Waals surface area (Å²) in [5, 5.41) is 10.8. The van der Waals surface area contributed by atoms with Crippen molar-refractivity contribution >= 4 is 5.97 Å². The Labute approximate surface area is 163 Å². The fourth-order valence-corrected chi connectivity index (χ4v) is 3.33. The first-order valence-corrected chi connectivity index (χ1v) is 9.62. The van der Waals surface area contributed by atoms with Gasteiger partial charge in [-0.1, -0.05) is 48.5 Å². The van der Waals surface area contributed by atoms with Crippen LogP contribution in [0, 0.1) is 5.92 Å². The monoisotopic (exact) mass is 378 g/mol. The number of hydrogen-bond acceptors (Lipinski definition) is 5. The molecule has 1 heterocycles. The maximum atomic E-state index is 13.0. The summed E-state index contributed by atoms with van der Waals surface area (Å²) in [6, 6.07) is 3.79. The molecule has 152 valence electrons. The highest BCUT2D eigenvalue weighted by atomic mass is 16.7. The van der Waals surface area contributed by atoms with Crippen molar-refractivity contribution in [2.24, 2.45) is 5.92 Å². The Bertz CT molecular complexity index is 661. The number of carbonyl (C=O) groups excluding carboxylic acids is 1. The van der Waals surface area contributed by atoms with Crippen LogP contribution in [0.15, 0.2) is 12.1 Å². The van der Waals surface area contributed by atoms with Crippen LogP contribution in [0.4, 0.5) is 0 Å². The highest BCUT2D eigenvalue weighted by molar-refractivity contribution is 5.81. The Morgan fingerprint density at radius 3 is 2.07 bits per heavy atom. The van der Waals surface area contributed by atoms with Crippen LogP contribution in [-0.2, 0) is 20.4 Å². The third-order valence-electron chi connectivity index (χ3n) is 5.17. The van der Waals surface area contributed by atoms with E-state index in [4.69, 9.17) is 14.2 Å². The summed E-state index contributed by atoms with van der Waals surface area (Å²) < 4.78 is 16.8. The lowest BCUT2D eigenvalue weighted by Crippen LogP contribution is -2.52. The molecule has 0 aromatic heterocycles. The van der Waals surface area contributed by atoms with Crippen LogP contribution in [0.3, 0.4) is 0 Å². The maximum absolute atomic E-state index is 13.0. The standard InChI is InChI=1S/C22H34O5/c1-14-10-9-11-26-22(14,24)19(23)27-18-16(20(2,3)4)12-15(25-8)13-17(18)21(5,6)7/h12-14,24H,9-11H2,1-8H3/t14-,22-/m0/s1. The minimum atomic E-state index is -1.91. The third-order valence-corrected chi connectivity index (χ3v) is 5.17. The first-order valence-electron chi connectivity index (χ1n) is 9.62. The van der Waals surface area contributed by atoms with Gasteiger partial charge in [0.05, 0.1) is 13.7 Å². The second-order valence-electron chi connectivity index (χ2n) is 9.53. The molecule has 5 nitrogen and oxygen atoms in total. The summed E-state index contributed by atoms with van der Waals surface area (Å²) in [5.74, 6) is -1.80. The van der Waals surface area contributed by atoms with E-state index >= 15 is 0 Å². The quantitative estimate of drug-likeness (QED) is 0.626. The first-order chi connectivity index (χ1) is 12.3. The zero-order chi connectivity index (χ0) is 20.6. The lowest BCUT2D eigenvalue weighted by molar-refractivity contribution is -0.253. The van der Waals surface area contributed by atoms with Crippen molar-refractivity contribution in [3.63, 3.8) is 0 Å². The predicted molar refractivity (Wildman–Crippen MR) is 105 cm³/mol. The van der Waals surface area contributed by atoms with E-state index in [2.05, 4.69) is 41.5 Å². The van der Waals surface area contributed by atoms with E-state index in [0.717, 1.165) is 17.5 Å². The van der Waals surface area contributed by atoms with Crippen LogP contribution in [0.25, 0.3) is 0 Å². The summed E-state index contributed by atoms with van der Waals surface area (Å²) in [7, 11) is 1.63. The SMILES string of the molecule is COc1cc(C(C)(C)C)c(OC(=O)[C@@]2(O)OCCC[C@@H]2C)c(C(C)(C)C)c1. The molecule has 1 aliphatic heterocycles. The lowest BCUT2D eigenvalue weighted by atomic mass is 9.79. The first kappa shape index (κ1) is 21.7. The fourth-order valence-electron chi connectivity index (χ4n) is 3.33. The number of esters is 1. The minimum Gasteiger partial charge on any atom is -0.497 e. The second kappa shape index (κ2) is 7.44. The van der Waals surface area contributed by atoms with Gasteiger partial charge in [0.2, 0.25) is 0 Å². The highest BCUT2D eigenvalue weighted by Crippen LogP contribution is 2.43. The average molecular weight is 379 g/mol. The van der Waals surface area contributed by atoms with Gasteiger partial charge in [-0.3, -0.25) is 0 Å². The van der Waals surface area contributed by atoms with Gasteiger partial charge < -0.3 is 19.3 Å². The van der Waals surface area contributed by atoms with Gasteiger partial charge in [-0.2, -0.15) is 0 Å². The van der Waals surface area contributed by atoms with Crippen molar-refractivity contribution in [1.29, 1.82) is 0 Å². The van der Waals surface area contributed by atoms with Crippen LogP contribution in [0.1, 0.15) is 72.4 Å². The Morgan fingerprint density at radius 2 is 1.67 bits per heavy atom. The van der Waals surface area contributed by atoms with Crippen molar-refractivity contribution < 1.29 is 24.1 Å². The van der Waals surface area contributed by atoms with Gasteiger partial charge in [-0.05, 0) is 35.8 Å². The molecule has 1 aromatic rings. The molecule has 27 heavy (non-hydrogen) atoms. The van der Waals surface area contributed by atoms with Gasteiger partial charge in [0.15, 0.2) is 0 Å². The van der Waals surface area contributed by atoms with Gasteiger partial charge >= 0.3 is 5.97 Å². The largest absolute Gasteiger partial charge is 0.497 e. The van der Waals surface area contributed by atoms with E-state index < -0.39 is 11.8 Å². The number of carbonyl (C=O) groups is 1. The molecular formula is C22H34O5. The van der Waals surface area contributed by atoms with Gasteiger partial charge in [-0.15, -0.1) is 0 Å². The summed E-state index contributed by atoms with van der Waals surface area (Å²) in [4.78, 5) is 13.0. The van der Waals surface area contributed by atoms with E-state index in [0.29, 0.717) is 24.5 Å². The molecule has 5 heteroatoms. The zero-order valence-corrected chi connectivity index (χ0v) is 17.9. The molecule has 2 rings (SSSR count). The number of aliphatic hydroxyl groups is 1. The molecule has 0 radical (unpaired) electrons. The Balaban J connectivity index is 2.58. The predicted octanol–water partition coefficient (Wildman–Crippen LogP) is 4.33. The minimum absolute atomic E-state index is 0.286. The number of rotatable bonds is 3. The molecule has 0 saturated carbocycles. The van der Waals surface area contributed by atoms with Crippen LogP contribution in [-0.4, -0.2) is 30.6 Å². The summed E-state index contributed by atoms with van der Waals surface area (Å²) in [6.45, 7) is 14.5. The molecule has 1 saturated heterocycles. The maximum Gasteiger partial charge on any atom is 0.372 e. The average Bonchev–Trinajstić information content (AvgIpc) is 2.55. The van der Waals surface area contributed by atoms with E-state index in [1.54, 1.807) is 7.11 Å². The van der Waals surface area contributed by atoms with Crippen LogP contribution < -0.4 is 9.47 Å². The molecule has 0 spiro atoms. The van der Waals surface area contributed by atoms with Crippen molar-refractivity contribution in [2.45, 2.75) is 77.9 Å². The molecule has 1 aliphatic rings. The molecule has 1 fully saturated rings. The van der Waals surface area contributed by atoms with Crippen molar-refractivity contribution in [3.05, 3.63) is 23.3 Å². The van der Waals surface area contributed by atoms with E-state index in [1.807, 2.05) is 19.1 Å². The van der Waals surface area contributed by atoms with Gasteiger partial charge in [0.1, 0.15) is 11.5 Å². The number of methoxy groups -OCH3 is 1. The van der Waals surface area contributed by atoms with Crippen LogP contribution in [0.5, 0.6) is 11.5 Å². The summed E-state index contributed by atoms with van der Waals surface area (Å²) in [6.07, 6.45) is 1.53. The highest BCUT2D eigenvalue weighted by Gasteiger charge is 2.47. The van der Waals surface area contributed by atoms with E-state index in [9.17, 15) is 9.90 Å². The summed E-state index contributed by atoms with van der Waals surface area (Å²) >= 11 is 0. The molecule has 2 atom stereocenters. The molecule has 0 amide bonds. The zero-order valence-electron chi connectivity index (χ0n) is 17.9. The summed E-state index contributed by atoms with van der Waals surface area (Å²) in [5.41, 5.74) is 1.14. The van der Waals surface area contributed by atoms with Crippen molar-refractivity contribution in [1.82, 2.24) is 0 Å². The van der Waals surface area contributed by atoms with Crippen LogP contribution >= 0.6 is 0 Å². The fraction of sp³-hybridized carbons (Fsp3) is 0.682. The van der Waals surface area contributed by atoms with E-state index in [1.165, 1.54) is 0 Å². The van der Waals surface area contributed by atoms with Gasteiger partial charge in [0, 0.05) is 17.0 Å². The third kappa shape index (κ3) is 4.46. The Morgan fingerprint density at radius 1 is 1.15 bits per heavy atom. The molecule has 1 N–H and O–H groups in total. The Kier molecular flexibility index (Phi) is 5.98. The second-order valence-corrected chi connectivity index (χ2v) is 9.53. The van der Waals surface area contributed by atoms with Gasteiger partial charge in [-0.25, -0.2) is 4.79 Å². The molecule has 0 bridgehead atoms. The number of hydrogen-bond donors (Lipinski definition) is 1. The van der Waals surface area contributed by atoms with Crippen molar-refractivity contribution in [2.75, 3.05) is 13.7 Å².